The quantitative estimate of drug-likeness (QED) is 0.826. The van der Waals surface area contributed by atoms with Gasteiger partial charge in [0.1, 0.15) is 5.82 Å². The molecular formula is C10H15N3O3S. The number of hydrogen-bond acceptors (Lipinski definition) is 5. The van der Waals surface area contributed by atoms with Crippen molar-refractivity contribution in [3.63, 3.8) is 0 Å². The van der Waals surface area contributed by atoms with Crippen LogP contribution in [-0.2, 0) is 14.8 Å². The van der Waals surface area contributed by atoms with Crippen LogP contribution in [0.15, 0.2) is 18.3 Å². The highest BCUT2D eigenvalue weighted by atomic mass is 32.2. The normalized spacial score (nSPS) is 17.9. The van der Waals surface area contributed by atoms with Crippen molar-refractivity contribution in [1.82, 2.24) is 4.98 Å². The topological polar surface area (TPSA) is 94.3 Å². The van der Waals surface area contributed by atoms with Crippen LogP contribution in [0.5, 0.6) is 0 Å². The molecule has 0 amide bonds. The van der Waals surface area contributed by atoms with Crippen LogP contribution in [0.4, 0.5) is 11.5 Å². The highest BCUT2D eigenvalue weighted by Gasteiger charge is 2.27. The number of aromatic nitrogens is 1. The summed E-state index contributed by atoms with van der Waals surface area (Å²) in [4.78, 5) is 3.83. The van der Waals surface area contributed by atoms with E-state index < -0.39 is 15.3 Å². The number of nitrogen functional groups attached to an aromatic ring is 1. The summed E-state index contributed by atoms with van der Waals surface area (Å²) in [6, 6.07) is 3.15. The molecule has 1 aliphatic heterocycles. The Labute approximate surface area is 100 Å². The summed E-state index contributed by atoms with van der Waals surface area (Å²) >= 11 is 0. The third kappa shape index (κ3) is 3.07. The average Bonchev–Trinajstić information content (AvgIpc) is 2.33. The van der Waals surface area contributed by atoms with Gasteiger partial charge < -0.3 is 10.5 Å². The zero-order valence-electron chi connectivity index (χ0n) is 9.30. The van der Waals surface area contributed by atoms with Crippen molar-refractivity contribution in [1.29, 1.82) is 0 Å². The van der Waals surface area contributed by atoms with E-state index in [2.05, 4.69) is 9.71 Å². The van der Waals surface area contributed by atoms with Crippen LogP contribution < -0.4 is 10.5 Å². The maximum Gasteiger partial charge on any atom is 0.235 e. The Morgan fingerprint density at radius 3 is 2.65 bits per heavy atom. The molecule has 0 unspecified atom stereocenters. The smallest absolute Gasteiger partial charge is 0.235 e. The van der Waals surface area contributed by atoms with Crippen LogP contribution in [0.1, 0.15) is 12.8 Å². The highest BCUT2D eigenvalue weighted by molar-refractivity contribution is 7.93. The maximum absolute atomic E-state index is 12.0. The molecular weight excluding hydrogens is 242 g/mol. The first kappa shape index (κ1) is 12.1. The largest absolute Gasteiger partial charge is 0.384 e. The van der Waals surface area contributed by atoms with Crippen molar-refractivity contribution in [2.24, 2.45) is 0 Å². The van der Waals surface area contributed by atoms with Gasteiger partial charge in [-0.1, -0.05) is 0 Å². The lowest BCUT2D eigenvalue weighted by molar-refractivity contribution is 0.0984. The molecule has 6 nitrogen and oxygen atoms in total. The summed E-state index contributed by atoms with van der Waals surface area (Å²) in [5, 5.41) is -0.395. The molecule has 1 fully saturated rings. The molecule has 2 heterocycles. The second kappa shape index (κ2) is 4.89. The molecule has 0 spiro atoms. The van der Waals surface area contributed by atoms with Crippen molar-refractivity contribution in [2.45, 2.75) is 18.1 Å². The zero-order valence-corrected chi connectivity index (χ0v) is 10.1. The summed E-state index contributed by atoms with van der Waals surface area (Å²) in [6.07, 6.45) is 2.46. The van der Waals surface area contributed by atoms with Crippen LogP contribution in [0, 0.1) is 0 Å². The second-order valence-corrected chi connectivity index (χ2v) is 5.89. The second-order valence-electron chi connectivity index (χ2n) is 3.93. The molecule has 1 aromatic rings. The first-order chi connectivity index (χ1) is 8.08. The number of sulfonamides is 1. The summed E-state index contributed by atoms with van der Waals surface area (Å²) in [5.74, 6) is 0.360. The summed E-state index contributed by atoms with van der Waals surface area (Å²) in [7, 11) is -3.36. The minimum Gasteiger partial charge on any atom is -0.384 e. The molecule has 1 aliphatic rings. The maximum atomic E-state index is 12.0. The number of ether oxygens (including phenoxy) is 1. The van der Waals surface area contributed by atoms with Gasteiger partial charge in [0.25, 0.3) is 0 Å². The van der Waals surface area contributed by atoms with Crippen LogP contribution >= 0.6 is 0 Å². The number of pyridine rings is 1. The molecule has 17 heavy (non-hydrogen) atoms. The number of hydrogen-bond donors (Lipinski definition) is 2. The molecule has 1 aromatic heterocycles. The van der Waals surface area contributed by atoms with E-state index in [1.165, 1.54) is 6.20 Å². The highest BCUT2D eigenvalue weighted by Crippen LogP contribution is 2.19. The van der Waals surface area contributed by atoms with Gasteiger partial charge in [0.15, 0.2) is 0 Å². The van der Waals surface area contributed by atoms with Crippen LogP contribution in [0.2, 0.25) is 0 Å². The van der Waals surface area contributed by atoms with Gasteiger partial charge in [0, 0.05) is 13.2 Å². The lowest BCUT2D eigenvalue weighted by Gasteiger charge is -2.22. The molecule has 2 rings (SSSR count). The Morgan fingerprint density at radius 1 is 1.35 bits per heavy atom. The third-order valence-corrected chi connectivity index (χ3v) is 4.52. The molecule has 0 radical (unpaired) electrons. The molecule has 0 aliphatic carbocycles. The number of nitrogens with two attached hydrogens (primary N) is 1. The fraction of sp³-hybridized carbons (Fsp3) is 0.500. The van der Waals surface area contributed by atoms with Crippen molar-refractivity contribution in [2.75, 3.05) is 23.7 Å². The zero-order chi connectivity index (χ0) is 12.3. The predicted octanol–water partition coefficient (Wildman–Crippen LogP) is 0.584. The molecule has 3 N–H and O–H groups in total. The Balaban J connectivity index is 2.08. The number of anilines is 2. The summed E-state index contributed by atoms with van der Waals surface area (Å²) in [5.41, 5.74) is 5.86. The minimum atomic E-state index is -3.36. The van der Waals surface area contributed by atoms with Gasteiger partial charge in [0.05, 0.1) is 17.1 Å². The minimum absolute atomic E-state index is 0.360. The van der Waals surface area contributed by atoms with Crippen LogP contribution in [0.3, 0.4) is 0 Å². The molecule has 0 atom stereocenters. The van der Waals surface area contributed by atoms with Crippen LogP contribution in [-0.4, -0.2) is 31.9 Å². The fourth-order valence-electron chi connectivity index (χ4n) is 1.70. The number of nitrogens with zero attached hydrogens (tertiary/aromatic N) is 1. The lowest BCUT2D eigenvalue weighted by Crippen LogP contribution is -2.33. The first-order valence-corrected chi connectivity index (χ1v) is 6.93. The monoisotopic (exact) mass is 257 g/mol. The first-order valence-electron chi connectivity index (χ1n) is 5.39. The van der Waals surface area contributed by atoms with Gasteiger partial charge in [-0.05, 0) is 25.0 Å². The van der Waals surface area contributed by atoms with Gasteiger partial charge in [-0.2, -0.15) is 0 Å². The number of nitrogens with one attached hydrogen (secondary N) is 1. The molecule has 7 heteroatoms. The van der Waals surface area contributed by atoms with Gasteiger partial charge in [0.2, 0.25) is 10.0 Å². The Morgan fingerprint density at radius 2 is 2.06 bits per heavy atom. The van der Waals surface area contributed by atoms with E-state index in [9.17, 15) is 8.42 Å². The molecule has 94 valence electrons. The summed E-state index contributed by atoms with van der Waals surface area (Å²) < 4.78 is 31.7. The van der Waals surface area contributed by atoms with Crippen molar-refractivity contribution in [3.05, 3.63) is 18.3 Å². The van der Waals surface area contributed by atoms with Crippen LogP contribution in [0.25, 0.3) is 0 Å². The Bertz CT molecular complexity index is 466. The molecule has 1 saturated heterocycles. The van der Waals surface area contributed by atoms with Gasteiger partial charge in [-0.25, -0.2) is 13.4 Å². The van der Waals surface area contributed by atoms with E-state index in [0.717, 1.165) is 0 Å². The lowest BCUT2D eigenvalue weighted by atomic mass is 10.2. The van der Waals surface area contributed by atoms with E-state index in [1.807, 2.05) is 0 Å². The Kier molecular flexibility index (Phi) is 3.49. The predicted molar refractivity (Wildman–Crippen MR) is 65.0 cm³/mol. The van der Waals surface area contributed by atoms with Crippen molar-refractivity contribution < 1.29 is 13.2 Å². The van der Waals surface area contributed by atoms with Gasteiger partial charge in [-0.15, -0.1) is 0 Å². The fourth-order valence-corrected chi connectivity index (χ4v) is 3.13. The van der Waals surface area contributed by atoms with E-state index in [-0.39, 0.29) is 0 Å². The molecule has 0 aromatic carbocycles. The summed E-state index contributed by atoms with van der Waals surface area (Å²) in [6.45, 7) is 0.983. The van der Waals surface area contributed by atoms with E-state index in [4.69, 9.17) is 10.5 Å². The van der Waals surface area contributed by atoms with E-state index in [0.29, 0.717) is 37.6 Å². The third-order valence-electron chi connectivity index (χ3n) is 2.65. The van der Waals surface area contributed by atoms with Crippen molar-refractivity contribution >= 4 is 21.5 Å². The van der Waals surface area contributed by atoms with Gasteiger partial charge in [-0.3, -0.25) is 4.72 Å². The SMILES string of the molecule is Nc1ccc(NS(=O)(=O)C2CCOCC2)cn1. The van der Waals surface area contributed by atoms with Gasteiger partial charge >= 0.3 is 0 Å². The molecule has 0 saturated carbocycles. The van der Waals surface area contributed by atoms with E-state index >= 15 is 0 Å². The van der Waals surface area contributed by atoms with Crippen molar-refractivity contribution in [3.8, 4) is 0 Å². The van der Waals surface area contributed by atoms with E-state index in [1.54, 1.807) is 12.1 Å². The molecule has 0 bridgehead atoms. The Hall–Kier alpha value is -1.34. The number of rotatable bonds is 3. The standard InChI is InChI=1S/C10H15N3O3S/c11-10-2-1-8(7-12-10)13-17(14,15)9-3-5-16-6-4-9/h1-2,7,9,13H,3-6H2,(H2,11,12). The average molecular weight is 257 g/mol.